The molecule has 5 atom stereocenters. The van der Waals surface area contributed by atoms with E-state index in [0.29, 0.717) is 5.56 Å². The molecule has 0 spiro atoms. The molecule has 1 heterocycles. The Morgan fingerprint density at radius 3 is 2.25 bits per heavy atom. The lowest BCUT2D eigenvalue weighted by atomic mass is 9.99. The number of nitrogens with one attached hydrogen (secondary N) is 1. The van der Waals surface area contributed by atoms with Gasteiger partial charge in [-0.2, -0.15) is 0 Å². The predicted octanol–water partition coefficient (Wildman–Crippen LogP) is -1.83. The summed E-state index contributed by atoms with van der Waals surface area (Å²) in [6.45, 7) is 0.636. The van der Waals surface area contributed by atoms with E-state index in [1.54, 1.807) is 0 Å². The Kier molecular flexibility index (Phi) is 10.9. The normalized spacial score (nSPS) is 25.4. The van der Waals surface area contributed by atoms with Crippen molar-refractivity contribution in [1.82, 2.24) is 5.32 Å². The first kappa shape index (κ1) is 26.0. The van der Waals surface area contributed by atoms with Gasteiger partial charge in [-0.1, -0.05) is 0 Å². The molecule has 0 aromatic heterocycles. The highest BCUT2D eigenvalue weighted by atomic mass is 16.7. The van der Waals surface area contributed by atoms with Crippen LogP contribution in [0.25, 0.3) is 0 Å². The number of carbonyl (C=O) groups is 1. The average molecular weight is 460 g/mol. The van der Waals surface area contributed by atoms with Crippen molar-refractivity contribution in [2.45, 2.75) is 30.7 Å². The molecule has 1 aromatic carbocycles. The molecule has 0 aliphatic carbocycles. The Balaban J connectivity index is 1.49. The molecule has 0 radical (unpaired) electrons. The van der Waals surface area contributed by atoms with Crippen LogP contribution in [-0.4, -0.2) is 108 Å². The second kappa shape index (κ2) is 13.3. The molecule has 1 fully saturated rings. The summed E-state index contributed by atoms with van der Waals surface area (Å²) in [6, 6.07) is 5.25. The van der Waals surface area contributed by atoms with E-state index < -0.39 is 42.2 Å². The minimum absolute atomic E-state index is 0.0357. The van der Waals surface area contributed by atoms with Crippen LogP contribution in [0.4, 0.5) is 5.69 Å². The van der Waals surface area contributed by atoms with Crippen LogP contribution in [0.5, 0.6) is 0 Å². The van der Waals surface area contributed by atoms with E-state index in [9.17, 15) is 30.2 Å². The van der Waals surface area contributed by atoms with Gasteiger partial charge in [-0.15, -0.1) is 0 Å². The summed E-state index contributed by atoms with van der Waals surface area (Å²) in [4.78, 5) is 22.0. The van der Waals surface area contributed by atoms with Gasteiger partial charge in [0.25, 0.3) is 11.6 Å². The third-order valence-corrected chi connectivity index (χ3v) is 4.60. The van der Waals surface area contributed by atoms with Crippen LogP contribution in [0.3, 0.4) is 0 Å². The van der Waals surface area contributed by atoms with Gasteiger partial charge in [-0.25, -0.2) is 0 Å². The number of nitro groups is 1. The fourth-order valence-corrected chi connectivity index (χ4v) is 2.82. The molecule has 2 unspecified atom stereocenters. The Bertz CT molecular complexity index is 716. The number of aliphatic hydroxyl groups is 4. The number of benzene rings is 1. The quantitative estimate of drug-likeness (QED) is 0.126. The first-order chi connectivity index (χ1) is 15.3. The van der Waals surface area contributed by atoms with Crippen molar-refractivity contribution < 1.29 is 49.1 Å². The summed E-state index contributed by atoms with van der Waals surface area (Å²) < 4.78 is 21.1. The van der Waals surface area contributed by atoms with E-state index in [4.69, 9.17) is 24.1 Å². The standard InChI is InChI=1S/C19H28N2O11/c22-11-14-15(23)16(24)17(25)19(32-14)31-10-9-30-8-7-29-6-5-20-18(26)12-1-3-13(4-2-12)21(27)28/h1-4,14-17,19,22-25H,5-11H2,(H,20,26)/t14?,15-,16+,17?,19+/m1/s1. The molecule has 1 aromatic rings. The second-order valence-electron chi connectivity index (χ2n) is 6.85. The molecule has 2 rings (SSSR count). The van der Waals surface area contributed by atoms with Gasteiger partial charge in [0.05, 0.1) is 44.6 Å². The maximum absolute atomic E-state index is 11.9. The number of aliphatic hydroxyl groups excluding tert-OH is 4. The lowest BCUT2D eigenvalue weighted by Crippen LogP contribution is -2.59. The first-order valence-electron chi connectivity index (χ1n) is 9.95. The number of carbonyl (C=O) groups excluding carboxylic acids is 1. The number of nitrogens with zero attached hydrogens (tertiary/aromatic N) is 1. The van der Waals surface area contributed by atoms with E-state index in [2.05, 4.69) is 5.32 Å². The molecular weight excluding hydrogens is 432 g/mol. The van der Waals surface area contributed by atoms with Crippen LogP contribution < -0.4 is 5.32 Å². The smallest absolute Gasteiger partial charge is 0.269 e. The molecule has 32 heavy (non-hydrogen) atoms. The lowest BCUT2D eigenvalue weighted by molar-refractivity contribution is -0.384. The summed E-state index contributed by atoms with van der Waals surface area (Å²) in [5.41, 5.74) is 0.210. The van der Waals surface area contributed by atoms with Crippen molar-refractivity contribution in [3.63, 3.8) is 0 Å². The maximum atomic E-state index is 11.9. The Hall–Kier alpha value is -2.23. The highest BCUT2D eigenvalue weighted by Crippen LogP contribution is 2.21. The van der Waals surface area contributed by atoms with Gasteiger partial charge >= 0.3 is 0 Å². The van der Waals surface area contributed by atoms with Gasteiger partial charge < -0.3 is 44.7 Å². The number of rotatable bonds is 13. The number of non-ortho nitro benzene ring substituents is 1. The van der Waals surface area contributed by atoms with Crippen LogP contribution in [0.15, 0.2) is 24.3 Å². The summed E-state index contributed by atoms with van der Waals surface area (Å²) >= 11 is 0. The number of hydrogen-bond donors (Lipinski definition) is 5. The number of amides is 1. The molecule has 180 valence electrons. The number of nitro benzene ring substituents is 1. The molecule has 0 bridgehead atoms. The molecule has 0 saturated carbocycles. The molecule has 1 aliphatic rings. The van der Waals surface area contributed by atoms with E-state index in [-0.39, 0.29) is 51.2 Å². The zero-order valence-electron chi connectivity index (χ0n) is 17.2. The van der Waals surface area contributed by atoms with E-state index in [1.807, 2.05) is 0 Å². The van der Waals surface area contributed by atoms with Crippen LogP contribution in [0, 0.1) is 10.1 Å². The number of hydrogen-bond acceptors (Lipinski definition) is 11. The van der Waals surface area contributed by atoms with Crippen LogP contribution in [0.2, 0.25) is 0 Å². The molecule has 1 amide bonds. The summed E-state index contributed by atoms with van der Waals surface area (Å²) in [5.74, 6) is -0.370. The van der Waals surface area contributed by atoms with Crippen molar-refractivity contribution in [1.29, 1.82) is 0 Å². The van der Waals surface area contributed by atoms with Gasteiger partial charge in [0.2, 0.25) is 0 Å². The molecule has 1 saturated heterocycles. The Morgan fingerprint density at radius 2 is 1.62 bits per heavy atom. The Morgan fingerprint density at radius 1 is 1.00 bits per heavy atom. The van der Waals surface area contributed by atoms with Crippen molar-refractivity contribution >= 4 is 11.6 Å². The SMILES string of the molecule is O=C(NCCOCCOCCO[C@H]1OC(CO)[C@@H](O)[C@H](O)C1O)c1ccc([N+](=O)[O-])cc1. The van der Waals surface area contributed by atoms with Crippen molar-refractivity contribution in [2.75, 3.05) is 46.2 Å². The highest BCUT2D eigenvalue weighted by molar-refractivity contribution is 5.94. The molecule has 13 heteroatoms. The topological polar surface area (TPSA) is 190 Å². The van der Waals surface area contributed by atoms with Crippen LogP contribution in [-0.2, 0) is 18.9 Å². The largest absolute Gasteiger partial charge is 0.394 e. The third-order valence-electron chi connectivity index (χ3n) is 4.60. The Labute approximate surface area is 183 Å². The average Bonchev–Trinajstić information content (AvgIpc) is 2.79. The second-order valence-corrected chi connectivity index (χ2v) is 6.85. The minimum atomic E-state index is -1.50. The zero-order chi connectivity index (χ0) is 23.5. The van der Waals surface area contributed by atoms with E-state index in [1.165, 1.54) is 24.3 Å². The number of ether oxygens (including phenoxy) is 4. The lowest BCUT2D eigenvalue weighted by Gasteiger charge is -2.39. The van der Waals surface area contributed by atoms with Crippen LogP contribution >= 0.6 is 0 Å². The van der Waals surface area contributed by atoms with Gasteiger partial charge in [0.1, 0.15) is 24.4 Å². The third kappa shape index (κ3) is 7.72. The zero-order valence-corrected chi connectivity index (χ0v) is 17.2. The van der Waals surface area contributed by atoms with Crippen molar-refractivity contribution in [3.05, 3.63) is 39.9 Å². The first-order valence-corrected chi connectivity index (χ1v) is 9.95. The summed E-state index contributed by atoms with van der Waals surface area (Å²) in [7, 11) is 0. The van der Waals surface area contributed by atoms with E-state index >= 15 is 0 Å². The summed E-state index contributed by atoms with van der Waals surface area (Å²) in [6.07, 6.45) is -6.64. The monoisotopic (exact) mass is 460 g/mol. The minimum Gasteiger partial charge on any atom is -0.394 e. The fraction of sp³-hybridized carbons (Fsp3) is 0.632. The summed E-state index contributed by atoms with van der Waals surface area (Å²) in [5, 5.41) is 51.5. The molecular formula is C19H28N2O11. The molecule has 1 aliphatic heterocycles. The van der Waals surface area contributed by atoms with Gasteiger partial charge in [-0.3, -0.25) is 14.9 Å². The predicted molar refractivity (Wildman–Crippen MR) is 107 cm³/mol. The molecule has 5 N–H and O–H groups in total. The fourth-order valence-electron chi connectivity index (χ4n) is 2.82. The molecule has 13 nitrogen and oxygen atoms in total. The van der Waals surface area contributed by atoms with Gasteiger partial charge in [0, 0.05) is 24.2 Å². The highest BCUT2D eigenvalue weighted by Gasteiger charge is 2.43. The van der Waals surface area contributed by atoms with Gasteiger partial charge in [-0.05, 0) is 12.1 Å². The van der Waals surface area contributed by atoms with Gasteiger partial charge in [0.15, 0.2) is 6.29 Å². The maximum Gasteiger partial charge on any atom is 0.269 e. The van der Waals surface area contributed by atoms with Crippen LogP contribution in [0.1, 0.15) is 10.4 Å². The van der Waals surface area contributed by atoms with Crippen molar-refractivity contribution in [2.24, 2.45) is 0 Å². The van der Waals surface area contributed by atoms with E-state index in [0.717, 1.165) is 0 Å². The van der Waals surface area contributed by atoms with Crippen molar-refractivity contribution in [3.8, 4) is 0 Å².